The van der Waals surface area contributed by atoms with Crippen LogP contribution in [-0.2, 0) is 9.47 Å². The molecule has 5 rings (SSSR count). The van der Waals surface area contributed by atoms with Gasteiger partial charge in [0.15, 0.2) is 6.29 Å². The molecule has 33 heavy (non-hydrogen) atoms. The van der Waals surface area contributed by atoms with Gasteiger partial charge in [-0.1, -0.05) is 20.8 Å². The van der Waals surface area contributed by atoms with E-state index in [0.717, 1.165) is 38.5 Å². The van der Waals surface area contributed by atoms with Crippen LogP contribution < -0.4 is 0 Å². The minimum absolute atomic E-state index is 0.107. The van der Waals surface area contributed by atoms with Gasteiger partial charge < -0.3 is 35.0 Å². The maximum Gasteiger partial charge on any atom is 0.187 e. The van der Waals surface area contributed by atoms with Crippen molar-refractivity contribution in [3.8, 4) is 0 Å². The van der Waals surface area contributed by atoms with Gasteiger partial charge in [-0.05, 0) is 92.3 Å². The summed E-state index contributed by atoms with van der Waals surface area (Å²) in [7, 11) is 0. The van der Waals surface area contributed by atoms with Gasteiger partial charge in [0.1, 0.15) is 24.4 Å². The van der Waals surface area contributed by atoms with Gasteiger partial charge in [-0.3, -0.25) is 0 Å². The van der Waals surface area contributed by atoms with Crippen molar-refractivity contribution in [2.24, 2.45) is 34.0 Å². The van der Waals surface area contributed by atoms with Crippen molar-refractivity contribution < 1.29 is 35.0 Å². The Hall–Kier alpha value is -0.280. The first-order valence-corrected chi connectivity index (χ1v) is 13.0. The largest absolute Gasteiger partial charge is 0.394 e. The summed E-state index contributed by atoms with van der Waals surface area (Å²) >= 11 is 0. The minimum Gasteiger partial charge on any atom is -0.394 e. The number of hydrogen-bond donors (Lipinski definition) is 5. The fourth-order valence-electron chi connectivity index (χ4n) is 9.61. The van der Waals surface area contributed by atoms with Crippen molar-refractivity contribution in [1.82, 2.24) is 0 Å². The lowest BCUT2D eigenvalue weighted by Crippen LogP contribution is -2.62. The monoisotopic (exact) mass is 468 g/mol. The van der Waals surface area contributed by atoms with Crippen LogP contribution in [0.3, 0.4) is 0 Å². The summed E-state index contributed by atoms with van der Waals surface area (Å²) < 4.78 is 12.1. The van der Waals surface area contributed by atoms with E-state index in [2.05, 4.69) is 27.7 Å². The minimum atomic E-state index is -1.42. The lowest BCUT2D eigenvalue weighted by Gasteiger charge is -2.66. The number of fused-ring (bicyclic) bond motifs is 2. The summed E-state index contributed by atoms with van der Waals surface area (Å²) in [5.41, 5.74) is -0.0590. The van der Waals surface area contributed by atoms with Crippen LogP contribution in [0.2, 0.25) is 0 Å². The van der Waals surface area contributed by atoms with Crippen LogP contribution in [0.25, 0.3) is 0 Å². The standard InChI is InChI=1S/C26H44O7/c1-23(2)11-16(28)12-24(3)18(23)6-5-14-9-15-10-26(14,24)8-7-25(15,4)33-22-21(31)20(30)19(29)17(13-27)32-22/h14-22,27-31H,5-13H2,1-4H3/t14-,15-,16-,17+,18-,19+,20-,21+,22-,24-,25-,26+/m0/s1. The molecule has 0 aromatic heterocycles. The smallest absolute Gasteiger partial charge is 0.187 e. The quantitative estimate of drug-likeness (QED) is 0.430. The highest BCUT2D eigenvalue weighted by molar-refractivity contribution is 5.18. The molecule has 5 fully saturated rings. The van der Waals surface area contributed by atoms with Crippen molar-refractivity contribution in [2.45, 2.75) is 121 Å². The molecular formula is C26H44O7. The fourth-order valence-corrected chi connectivity index (χ4v) is 9.61. The number of rotatable bonds is 3. The van der Waals surface area contributed by atoms with Gasteiger partial charge in [0.25, 0.3) is 0 Å². The fraction of sp³-hybridized carbons (Fsp3) is 1.00. The molecular weight excluding hydrogens is 424 g/mol. The van der Waals surface area contributed by atoms with Crippen LogP contribution in [0.1, 0.15) is 79.1 Å². The Morgan fingerprint density at radius 2 is 1.58 bits per heavy atom. The number of aliphatic hydroxyl groups is 5. The lowest BCUT2D eigenvalue weighted by atomic mass is 9.39. The molecule has 190 valence electrons. The van der Waals surface area contributed by atoms with Gasteiger partial charge in [-0.2, -0.15) is 0 Å². The van der Waals surface area contributed by atoms with E-state index in [1.807, 2.05) is 0 Å². The Bertz CT molecular complexity index is 757. The van der Waals surface area contributed by atoms with Crippen molar-refractivity contribution in [3.63, 3.8) is 0 Å². The molecule has 1 spiro atoms. The van der Waals surface area contributed by atoms with Crippen LogP contribution >= 0.6 is 0 Å². The van der Waals surface area contributed by atoms with E-state index in [-0.39, 0.29) is 22.3 Å². The Morgan fingerprint density at radius 1 is 0.848 bits per heavy atom. The molecule has 0 aromatic rings. The zero-order valence-corrected chi connectivity index (χ0v) is 20.6. The maximum absolute atomic E-state index is 10.9. The van der Waals surface area contributed by atoms with E-state index in [4.69, 9.17) is 9.47 Å². The molecule has 2 bridgehead atoms. The zero-order chi connectivity index (χ0) is 24.0. The first-order chi connectivity index (χ1) is 15.4. The Kier molecular flexibility index (Phi) is 5.81. The van der Waals surface area contributed by atoms with E-state index >= 15 is 0 Å². The zero-order valence-electron chi connectivity index (χ0n) is 20.6. The summed E-state index contributed by atoms with van der Waals surface area (Å²) in [6.07, 6.45) is 1.77. The van der Waals surface area contributed by atoms with Crippen LogP contribution in [0.15, 0.2) is 0 Å². The van der Waals surface area contributed by atoms with E-state index in [1.165, 1.54) is 12.8 Å². The van der Waals surface area contributed by atoms with Crippen molar-refractivity contribution in [3.05, 3.63) is 0 Å². The highest BCUT2D eigenvalue weighted by Gasteiger charge is 2.69. The molecule has 1 aliphatic heterocycles. The second-order valence-electron chi connectivity index (χ2n) is 13.2. The second-order valence-corrected chi connectivity index (χ2v) is 13.2. The van der Waals surface area contributed by atoms with E-state index in [9.17, 15) is 25.5 Å². The summed E-state index contributed by atoms with van der Waals surface area (Å²) in [6, 6.07) is 0. The van der Waals surface area contributed by atoms with Crippen molar-refractivity contribution >= 4 is 0 Å². The highest BCUT2D eigenvalue weighted by atomic mass is 16.7. The predicted molar refractivity (Wildman–Crippen MR) is 121 cm³/mol. The molecule has 1 heterocycles. The molecule has 7 nitrogen and oxygen atoms in total. The SMILES string of the molecule is CC1(C)C[C@H](O)C[C@@]2(C)[C@H]1CC[C@H]1C[C@H]3C[C@]12CC[C@]3(C)O[C@@H]1O[C@H](CO)[C@@H](O)[C@H](O)[C@H]1O. The summed E-state index contributed by atoms with van der Waals surface area (Å²) in [6.45, 7) is 8.79. The van der Waals surface area contributed by atoms with E-state index < -0.39 is 42.9 Å². The molecule has 12 atom stereocenters. The number of ether oxygens (including phenoxy) is 2. The molecule has 7 heteroatoms. The number of hydrogen-bond acceptors (Lipinski definition) is 7. The molecule has 0 aromatic carbocycles. The third-order valence-corrected chi connectivity index (χ3v) is 11.2. The predicted octanol–water partition coefficient (Wildman–Crippen LogP) is 1.97. The summed E-state index contributed by atoms with van der Waals surface area (Å²) in [4.78, 5) is 0. The molecule has 0 unspecified atom stereocenters. The van der Waals surface area contributed by atoms with Gasteiger partial charge in [0.2, 0.25) is 0 Å². The van der Waals surface area contributed by atoms with Crippen LogP contribution in [0.5, 0.6) is 0 Å². The first-order valence-electron chi connectivity index (χ1n) is 13.0. The third-order valence-electron chi connectivity index (χ3n) is 11.2. The van der Waals surface area contributed by atoms with E-state index in [1.54, 1.807) is 0 Å². The second kappa shape index (κ2) is 7.86. The van der Waals surface area contributed by atoms with Crippen molar-refractivity contribution in [2.75, 3.05) is 6.61 Å². The number of aliphatic hydroxyl groups excluding tert-OH is 5. The Balaban J connectivity index is 1.39. The summed E-state index contributed by atoms with van der Waals surface area (Å²) in [5, 5.41) is 51.3. The van der Waals surface area contributed by atoms with Gasteiger partial charge in [-0.15, -0.1) is 0 Å². The van der Waals surface area contributed by atoms with Crippen LogP contribution in [-0.4, -0.2) is 74.6 Å². The molecule has 5 N–H and O–H groups in total. The Morgan fingerprint density at radius 3 is 2.27 bits per heavy atom. The van der Waals surface area contributed by atoms with Gasteiger partial charge in [0, 0.05) is 0 Å². The Labute approximate surface area is 197 Å². The highest BCUT2D eigenvalue weighted by Crippen LogP contribution is 2.75. The molecule has 4 aliphatic carbocycles. The third kappa shape index (κ3) is 3.40. The topological polar surface area (TPSA) is 120 Å². The molecule has 0 amide bonds. The molecule has 5 aliphatic rings. The van der Waals surface area contributed by atoms with Gasteiger partial charge >= 0.3 is 0 Å². The van der Waals surface area contributed by atoms with Crippen LogP contribution in [0.4, 0.5) is 0 Å². The average Bonchev–Trinajstić information content (AvgIpc) is 3.08. The van der Waals surface area contributed by atoms with E-state index in [0.29, 0.717) is 17.8 Å². The molecule has 1 saturated heterocycles. The van der Waals surface area contributed by atoms with Gasteiger partial charge in [-0.25, -0.2) is 0 Å². The molecule has 4 saturated carbocycles. The van der Waals surface area contributed by atoms with Gasteiger partial charge in [0.05, 0.1) is 18.3 Å². The molecule has 0 radical (unpaired) electrons. The van der Waals surface area contributed by atoms with Crippen molar-refractivity contribution in [1.29, 1.82) is 0 Å². The first kappa shape index (κ1) is 24.4. The van der Waals surface area contributed by atoms with Crippen LogP contribution in [0, 0.1) is 34.0 Å². The summed E-state index contributed by atoms with van der Waals surface area (Å²) in [5.74, 6) is 1.53. The lowest BCUT2D eigenvalue weighted by molar-refractivity contribution is -0.335. The normalized spacial score (nSPS) is 57.9. The maximum atomic E-state index is 10.9. The average molecular weight is 469 g/mol.